The SMILES string of the molecule is C=C1C[C@@]23CC[C@H]4[C@@](C)(CCC[C@@]4(C)C(=O)O[C@@H]4O[C@H](CO)[C@@H](O)[C@H](O)[C@H]4O)[C@@H]2CC[C@]1(O[C@@H]1O[C@H](COC(=O)C=Cc2ccc(O)cc2)[C@@H](O)[C@H](O)[C@H]1O)C3. The highest BCUT2D eigenvalue weighted by Crippen LogP contribution is 2.73. The number of aliphatic hydroxyl groups is 7. The highest BCUT2D eigenvalue weighted by molar-refractivity contribution is 5.87. The van der Waals surface area contributed by atoms with Gasteiger partial charge >= 0.3 is 11.9 Å². The molecule has 0 unspecified atom stereocenters. The van der Waals surface area contributed by atoms with Crippen LogP contribution in [0.1, 0.15) is 77.2 Å². The van der Waals surface area contributed by atoms with E-state index in [4.69, 9.17) is 23.7 Å². The van der Waals surface area contributed by atoms with Crippen LogP contribution in [-0.4, -0.2) is 133 Å². The summed E-state index contributed by atoms with van der Waals surface area (Å²) >= 11 is 0. The van der Waals surface area contributed by atoms with Gasteiger partial charge in [-0.3, -0.25) is 4.79 Å². The summed E-state index contributed by atoms with van der Waals surface area (Å²) in [7, 11) is 0. The van der Waals surface area contributed by atoms with Crippen LogP contribution in [0.2, 0.25) is 0 Å². The molecule has 1 aromatic carbocycles. The summed E-state index contributed by atoms with van der Waals surface area (Å²) < 4.78 is 29.3. The van der Waals surface area contributed by atoms with Gasteiger partial charge < -0.3 is 64.5 Å². The van der Waals surface area contributed by atoms with E-state index < -0.39 is 97.6 Å². The molecule has 4 saturated carbocycles. The quantitative estimate of drug-likeness (QED) is 0.0759. The predicted molar refractivity (Wildman–Crippen MR) is 195 cm³/mol. The summed E-state index contributed by atoms with van der Waals surface area (Å²) in [6.07, 6.45) is -6.18. The Balaban J connectivity index is 1.02. The normalized spacial score (nSPS) is 46.2. The largest absolute Gasteiger partial charge is 0.508 e. The molecule has 2 bridgehead atoms. The van der Waals surface area contributed by atoms with E-state index in [2.05, 4.69) is 13.5 Å². The molecule has 56 heavy (non-hydrogen) atoms. The van der Waals surface area contributed by atoms with Crippen LogP contribution in [0, 0.1) is 28.1 Å². The van der Waals surface area contributed by atoms with Crippen molar-refractivity contribution in [1.29, 1.82) is 0 Å². The number of fused-ring (bicyclic) bond motifs is 3. The Morgan fingerprint density at radius 3 is 2.18 bits per heavy atom. The standard InChI is InChI=1S/C41H56O15/c1-21-17-40-15-11-26-38(2,13-4-14-39(26,3)37(51)55-35-33(49)31(47)29(45)24(18-42)53-35)27(40)12-16-41(21,20-40)56-36-34(50)32(48)30(46)25(54-36)19-52-28(44)10-7-22-5-8-23(43)9-6-22/h5-10,24-27,29-36,42-43,45-50H,1,4,11-20H2,2-3H3/t24-,25-,26+,27+,29-,30-,31+,32+,33-,34-,35+,36+,38-,39-,40-,41+/m1/s1. The molecule has 2 heterocycles. The van der Waals surface area contributed by atoms with Crippen LogP contribution in [-0.2, 0) is 33.3 Å². The maximum atomic E-state index is 14.1. The number of phenolic OH excluding ortho intramolecular Hbond substituents is 1. The van der Waals surface area contributed by atoms with Gasteiger partial charge in [0.05, 0.1) is 17.6 Å². The van der Waals surface area contributed by atoms with Crippen LogP contribution >= 0.6 is 0 Å². The highest BCUT2D eigenvalue weighted by atomic mass is 16.7. The second-order valence-corrected chi connectivity index (χ2v) is 17.6. The number of aromatic hydroxyl groups is 1. The number of hydrogen-bond donors (Lipinski definition) is 8. The third-order valence-corrected chi connectivity index (χ3v) is 14.4. The number of benzene rings is 1. The molecule has 15 heteroatoms. The van der Waals surface area contributed by atoms with E-state index >= 15 is 0 Å². The Bertz CT molecular complexity index is 1670. The number of aliphatic hydroxyl groups excluding tert-OH is 7. The molecule has 2 aliphatic heterocycles. The number of carbonyl (C=O) groups is 2. The minimum Gasteiger partial charge on any atom is -0.508 e. The van der Waals surface area contributed by atoms with Crippen molar-refractivity contribution >= 4 is 18.0 Å². The first-order valence-corrected chi connectivity index (χ1v) is 19.7. The summed E-state index contributed by atoms with van der Waals surface area (Å²) in [6, 6.07) is 6.19. The van der Waals surface area contributed by atoms with Gasteiger partial charge in [-0.25, -0.2) is 4.79 Å². The fourth-order valence-corrected chi connectivity index (χ4v) is 11.5. The van der Waals surface area contributed by atoms with Gasteiger partial charge in [-0.2, -0.15) is 0 Å². The molecule has 6 fully saturated rings. The van der Waals surface area contributed by atoms with E-state index in [0.29, 0.717) is 37.7 Å². The van der Waals surface area contributed by atoms with Crippen molar-refractivity contribution in [2.45, 2.75) is 139 Å². The Morgan fingerprint density at radius 2 is 1.48 bits per heavy atom. The van der Waals surface area contributed by atoms with E-state index in [1.807, 2.05) is 6.92 Å². The average Bonchev–Trinajstić information content (AvgIpc) is 3.37. The first-order chi connectivity index (χ1) is 26.5. The Kier molecular flexibility index (Phi) is 11.3. The van der Waals surface area contributed by atoms with Gasteiger partial charge in [0, 0.05) is 6.08 Å². The van der Waals surface area contributed by atoms with Gasteiger partial charge in [-0.05, 0) is 110 Å². The topological polar surface area (TPSA) is 242 Å². The fourth-order valence-electron chi connectivity index (χ4n) is 11.5. The van der Waals surface area contributed by atoms with Crippen molar-refractivity contribution in [1.82, 2.24) is 0 Å². The zero-order valence-corrected chi connectivity index (χ0v) is 31.8. The summed E-state index contributed by atoms with van der Waals surface area (Å²) in [5.41, 5.74) is -0.841. The maximum absolute atomic E-state index is 14.1. The van der Waals surface area contributed by atoms with Crippen molar-refractivity contribution in [3.05, 3.63) is 48.1 Å². The van der Waals surface area contributed by atoms with E-state index in [0.717, 1.165) is 31.3 Å². The Morgan fingerprint density at radius 1 is 0.839 bits per heavy atom. The van der Waals surface area contributed by atoms with Crippen LogP contribution in [0.15, 0.2) is 42.5 Å². The Labute approximate surface area is 325 Å². The summed E-state index contributed by atoms with van der Waals surface area (Å²) in [5, 5.41) is 82.9. The molecule has 2 saturated heterocycles. The first-order valence-electron chi connectivity index (χ1n) is 19.7. The molecule has 1 aromatic rings. The lowest BCUT2D eigenvalue weighted by atomic mass is 9.41. The predicted octanol–water partition coefficient (Wildman–Crippen LogP) is 1.21. The van der Waals surface area contributed by atoms with Gasteiger partial charge in [0.1, 0.15) is 61.2 Å². The minimum atomic E-state index is -1.69. The molecule has 0 aromatic heterocycles. The van der Waals surface area contributed by atoms with Crippen molar-refractivity contribution in [3.8, 4) is 5.75 Å². The number of carbonyl (C=O) groups excluding carboxylic acids is 2. The molecule has 8 N–H and O–H groups in total. The highest BCUT2D eigenvalue weighted by Gasteiger charge is 2.69. The van der Waals surface area contributed by atoms with E-state index in [1.54, 1.807) is 12.1 Å². The van der Waals surface area contributed by atoms with Gasteiger partial charge in [0.15, 0.2) is 6.29 Å². The van der Waals surface area contributed by atoms with Gasteiger partial charge in [0.2, 0.25) is 6.29 Å². The third kappa shape index (κ3) is 7.01. The van der Waals surface area contributed by atoms with E-state index in [-0.39, 0.29) is 28.4 Å². The van der Waals surface area contributed by atoms with Crippen LogP contribution in [0.4, 0.5) is 0 Å². The molecule has 0 radical (unpaired) electrons. The van der Waals surface area contributed by atoms with E-state index in [1.165, 1.54) is 24.3 Å². The number of phenols is 1. The summed E-state index contributed by atoms with van der Waals surface area (Å²) in [5.74, 6) is -1.10. The molecule has 0 amide bonds. The molecular weight excluding hydrogens is 732 g/mol. The molecule has 7 rings (SSSR count). The number of ether oxygens (including phenoxy) is 5. The lowest BCUT2D eigenvalue weighted by Gasteiger charge is -2.64. The second-order valence-electron chi connectivity index (χ2n) is 17.6. The third-order valence-electron chi connectivity index (χ3n) is 14.4. The first kappa shape index (κ1) is 41.2. The van der Waals surface area contributed by atoms with Crippen LogP contribution in [0.25, 0.3) is 6.08 Å². The minimum absolute atomic E-state index is 0.0846. The van der Waals surface area contributed by atoms with Crippen molar-refractivity contribution in [2.24, 2.45) is 28.1 Å². The molecule has 4 aliphatic carbocycles. The molecule has 1 spiro atoms. The van der Waals surface area contributed by atoms with Gasteiger partial charge in [0.25, 0.3) is 0 Å². The second kappa shape index (κ2) is 15.3. The summed E-state index contributed by atoms with van der Waals surface area (Å²) in [4.78, 5) is 26.6. The molecular formula is C41H56O15. The Hall–Kier alpha value is -2.96. The number of esters is 2. The van der Waals surface area contributed by atoms with Gasteiger partial charge in [-0.15, -0.1) is 0 Å². The van der Waals surface area contributed by atoms with Gasteiger partial charge in [-0.1, -0.05) is 32.1 Å². The molecule has 6 aliphatic rings. The van der Waals surface area contributed by atoms with Crippen LogP contribution in [0.5, 0.6) is 5.75 Å². The average molecular weight is 789 g/mol. The zero-order valence-electron chi connectivity index (χ0n) is 31.8. The van der Waals surface area contributed by atoms with Crippen molar-refractivity contribution in [3.63, 3.8) is 0 Å². The van der Waals surface area contributed by atoms with E-state index in [9.17, 15) is 50.4 Å². The zero-order chi connectivity index (χ0) is 40.4. The smallest absolute Gasteiger partial charge is 0.330 e. The van der Waals surface area contributed by atoms with Crippen molar-refractivity contribution in [2.75, 3.05) is 13.2 Å². The lowest BCUT2D eigenvalue weighted by Crippen LogP contribution is -2.63. The lowest BCUT2D eigenvalue weighted by molar-refractivity contribution is -0.327. The van der Waals surface area contributed by atoms with Crippen molar-refractivity contribution < 1.29 is 74.1 Å². The molecule has 15 nitrogen and oxygen atoms in total. The fraction of sp³-hybridized carbons (Fsp3) is 0.707. The molecule has 310 valence electrons. The maximum Gasteiger partial charge on any atom is 0.330 e. The van der Waals surface area contributed by atoms with Crippen LogP contribution < -0.4 is 0 Å². The molecule has 16 atom stereocenters. The summed E-state index contributed by atoms with van der Waals surface area (Å²) in [6.45, 7) is 7.54. The van der Waals surface area contributed by atoms with Crippen LogP contribution in [0.3, 0.4) is 0 Å². The number of rotatable bonds is 9. The number of hydrogen-bond acceptors (Lipinski definition) is 15. The monoisotopic (exact) mass is 788 g/mol.